The molecule has 127 valence electrons. The van der Waals surface area contributed by atoms with Crippen molar-refractivity contribution < 1.29 is 0 Å². The first-order valence-electron chi connectivity index (χ1n) is 8.04. The molecule has 4 aromatic rings. The van der Waals surface area contributed by atoms with Crippen LogP contribution in [-0.2, 0) is 13.5 Å². The summed E-state index contributed by atoms with van der Waals surface area (Å²) in [6.07, 6.45) is 8.78. The molecule has 0 aliphatic heterocycles. The van der Waals surface area contributed by atoms with E-state index in [9.17, 15) is 4.79 Å². The molecule has 0 aliphatic carbocycles. The lowest BCUT2D eigenvalue weighted by Gasteiger charge is -2.06. The number of aromatic nitrogens is 6. The Morgan fingerprint density at radius 1 is 1.15 bits per heavy atom. The third-order valence-electron chi connectivity index (χ3n) is 3.92. The maximum Gasteiger partial charge on any atom is 0.203 e. The van der Waals surface area contributed by atoms with E-state index in [-0.39, 0.29) is 5.43 Å². The van der Waals surface area contributed by atoms with Gasteiger partial charge in [0.05, 0.1) is 12.4 Å². The molecule has 3 aromatic heterocycles. The normalized spacial score (nSPS) is 10.8. The fourth-order valence-corrected chi connectivity index (χ4v) is 2.67. The van der Waals surface area contributed by atoms with Gasteiger partial charge in [0, 0.05) is 49.8 Å². The molecule has 1 radical (unpaired) electrons. The molecule has 1 aromatic carbocycles. The van der Waals surface area contributed by atoms with Gasteiger partial charge in [-0.25, -0.2) is 14.6 Å². The largest absolute Gasteiger partial charge is 0.288 e. The van der Waals surface area contributed by atoms with E-state index < -0.39 is 0 Å². The quantitative estimate of drug-likeness (QED) is 0.565. The van der Waals surface area contributed by atoms with Gasteiger partial charge < -0.3 is 0 Å². The van der Waals surface area contributed by atoms with Gasteiger partial charge in [-0.3, -0.25) is 9.48 Å². The van der Waals surface area contributed by atoms with E-state index in [0.717, 1.165) is 16.8 Å². The summed E-state index contributed by atoms with van der Waals surface area (Å²) in [5.74, 6) is 0.624. The Bertz CT molecular complexity index is 1100. The first kappa shape index (κ1) is 15.9. The molecule has 0 spiro atoms. The van der Waals surface area contributed by atoms with Crippen molar-refractivity contribution in [3.8, 4) is 17.1 Å². The molecule has 26 heavy (non-hydrogen) atoms. The van der Waals surface area contributed by atoms with Crippen LogP contribution in [0.4, 0.5) is 0 Å². The smallest absolute Gasteiger partial charge is 0.203 e. The van der Waals surface area contributed by atoms with Crippen LogP contribution < -0.4 is 5.43 Å². The average molecular weight is 343 g/mol. The fraction of sp³-hybridized carbons (Fsp3) is 0.105. The van der Waals surface area contributed by atoms with E-state index in [1.807, 2.05) is 37.5 Å². The zero-order valence-corrected chi connectivity index (χ0v) is 14.1. The predicted molar refractivity (Wildman–Crippen MR) is 95.7 cm³/mol. The van der Waals surface area contributed by atoms with Crippen LogP contribution in [0.5, 0.6) is 0 Å². The fourth-order valence-electron chi connectivity index (χ4n) is 2.67. The summed E-state index contributed by atoms with van der Waals surface area (Å²) in [7, 11) is 1.84. The third kappa shape index (κ3) is 3.27. The lowest BCUT2D eigenvalue weighted by molar-refractivity contribution is 0.762. The Morgan fingerprint density at radius 3 is 2.77 bits per heavy atom. The predicted octanol–water partition coefficient (Wildman–Crippen LogP) is 1.81. The minimum atomic E-state index is -0.0962. The van der Waals surface area contributed by atoms with Gasteiger partial charge in [0.1, 0.15) is 11.4 Å². The van der Waals surface area contributed by atoms with Crippen LogP contribution in [0.25, 0.3) is 17.1 Å². The average Bonchev–Trinajstić information content (AvgIpc) is 3.11. The molecule has 0 atom stereocenters. The van der Waals surface area contributed by atoms with E-state index in [2.05, 4.69) is 26.2 Å². The van der Waals surface area contributed by atoms with Crippen molar-refractivity contribution in [2.24, 2.45) is 7.05 Å². The number of hydrogen-bond acceptors (Lipinski definition) is 5. The molecule has 4 rings (SSSR count). The third-order valence-corrected chi connectivity index (χ3v) is 3.92. The Morgan fingerprint density at radius 2 is 2.00 bits per heavy atom. The Balaban J connectivity index is 1.66. The zero-order chi connectivity index (χ0) is 17.9. The molecule has 0 fully saturated rings. The van der Waals surface area contributed by atoms with Crippen molar-refractivity contribution in [2.75, 3.05) is 0 Å². The minimum Gasteiger partial charge on any atom is -0.288 e. The topological polar surface area (TPSA) is 78.5 Å². The molecule has 0 saturated carbocycles. The van der Waals surface area contributed by atoms with E-state index in [1.54, 1.807) is 34.2 Å². The molecule has 7 heteroatoms. The molecule has 3 heterocycles. The van der Waals surface area contributed by atoms with Gasteiger partial charge >= 0.3 is 0 Å². The summed E-state index contributed by atoms with van der Waals surface area (Å²) >= 11 is 0. The Kier molecular flexibility index (Phi) is 4.10. The second-order valence-corrected chi connectivity index (χ2v) is 5.83. The molecule has 0 bridgehead atoms. The van der Waals surface area contributed by atoms with E-state index >= 15 is 0 Å². The standard InChI is InChI=1S/C19H15N6O/c1-24-13-16(12-22-24)25-9-6-18(26)17(23-25)11-14-4-2-5-15(10-14)19-20-7-3-8-21-19/h2,4-10,12-13H,11H2,1H3. The number of nitrogens with zero attached hydrogens (tertiary/aromatic N) is 6. The molecule has 0 amide bonds. The molecule has 0 aliphatic rings. The van der Waals surface area contributed by atoms with Crippen LogP contribution in [0.3, 0.4) is 0 Å². The number of rotatable bonds is 4. The molecule has 0 saturated heterocycles. The summed E-state index contributed by atoms with van der Waals surface area (Å²) in [6.45, 7) is 0. The molecule has 7 nitrogen and oxygen atoms in total. The first-order valence-corrected chi connectivity index (χ1v) is 8.04. The van der Waals surface area contributed by atoms with Crippen molar-refractivity contribution in [1.29, 1.82) is 0 Å². The van der Waals surface area contributed by atoms with Crippen molar-refractivity contribution >= 4 is 0 Å². The number of benzene rings is 1. The summed E-state index contributed by atoms with van der Waals surface area (Å²) in [5, 5.41) is 8.60. The number of aryl methyl sites for hydroxylation is 1. The SMILES string of the molecule is Cn1cc(-n2ccc(=O)c(Cc3cccc(-c4nc[c]cn4)c3)n2)cn1. The van der Waals surface area contributed by atoms with Gasteiger partial charge in [0.15, 0.2) is 5.82 Å². The zero-order valence-electron chi connectivity index (χ0n) is 14.1. The van der Waals surface area contributed by atoms with Gasteiger partial charge in [-0.15, -0.1) is 0 Å². The van der Waals surface area contributed by atoms with Gasteiger partial charge in [-0.2, -0.15) is 10.2 Å². The lowest BCUT2D eigenvalue weighted by Crippen LogP contribution is -2.16. The van der Waals surface area contributed by atoms with Crippen LogP contribution >= 0.6 is 0 Å². The second-order valence-electron chi connectivity index (χ2n) is 5.83. The lowest BCUT2D eigenvalue weighted by atomic mass is 10.1. The second kappa shape index (κ2) is 6.72. The highest BCUT2D eigenvalue weighted by molar-refractivity contribution is 5.55. The highest BCUT2D eigenvalue weighted by atomic mass is 16.1. The van der Waals surface area contributed by atoms with Gasteiger partial charge in [-0.1, -0.05) is 18.2 Å². The Hall–Kier alpha value is -3.61. The molecule has 0 unspecified atom stereocenters. The van der Waals surface area contributed by atoms with Crippen LogP contribution in [-0.4, -0.2) is 29.5 Å². The van der Waals surface area contributed by atoms with E-state index in [1.165, 1.54) is 6.07 Å². The summed E-state index contributed by atoms with van der Waals surface area (Å²) in [5.41, 5.74) is 3.03. The molecule has 0 N–H and O–H groups in total. The number of hydrogen-bond donors (Lipinski definition) is 0. The first-order chi connectivity index (χ1) is 12.7. The van der Waals surface area contributed by atoms with Crippen LogP contribution in [0.2, 0.25) is 0 Å². The highest BCUT2D eigenvalue weighted by Gasteiger charge is 2.08. The molecular weight excluding hydrogens is 328 g/mol. The van der Waals surface area contributed by atoms with E-state index in [0.29, 0.717) is 17.9 Å². The monoisotopic (exact) mass is 343 g/mol. The summed E-state index contributed by atoms with van der Waals surface area (Å²) < 4.78 is 3.35. The van der Waals surface area contributed by atoms with Crippen LogP contribution in [0, 0.1) is 6.07 Å². The van der Waals surface area contributed by atoms with E-state index in [4.69, 9.17) is 0 Å². The Labute approximate surface area is 149 Å². The molecular formula is C19H15N6O. The maximum absolute atomic E-state index is 12.2. The summed E-state index contributed by atoms with van der Waals surface area (Å²) in [4.78, 5) is 20.7. The summed E-state index contributed by atoms with van der Waals surface area (Å²) in [6, 6.07) is 12.1. The van der Waals surface area contributed by atoms with Crippen molar-refractivity contribution in [3.05, 3.63) is 88.9 Å². The maximum atomic E-state index is 12.2. The minimum absolute atomic E-state index is 0.0962. The van der Waals surface area contributed by atoms with Gasteiger partial charge in [0.2, 0.25) is 5.43 Å². The van der Waals surface area contributed by atoms with Crippen molar-refractivity contribution in [1.82, 2.24) is 29.5 Å². The van der Waals surface area contributed by atoms with Gasteiger partial charge in [-0.05, 0) is 11.6 Å². The van der Waals surface area contributed by atoms with Crippen LogP contribution in [0.1, 0.15) is 11.3 Å². The van der Waals surface area contributed by atoms with Crippen LogP contribution in [0.15, 0.2) is 66.1 Å². The van der Waals surface area contributed by atoms with Crippen molar-refractivity contribution in [3.63, 3.8) is 0 Å². The van der Waals surface area contributed by atoms with Gasteiger partial charge in [0.25, 0.3) is 0 Å². The van der Waals surface area contributed by atoms with Crippen molar-refractivity contribution in [2.45, 2.75) is 6.42 Å². The highest BCUT2D eigenvalue weighted by Crippen LogP contribution is 2.17.